The van der Waals surface area contributed by atoms with Crippen LogP contribution >= 0.6 is 0 Å². The molecule has 23 heavy (non-hydrogen) atoms. The van der Waals surface area contributed by atoms with E-state index >= 15 is 0 Å². The van der Waals surface area contributed by atoms with Crippen LogP contribution in [0.25, 0.3) is 0 Å². The summed E-state index contributed by atoms with van der Waals surface area (Å²) in [5.74, 6) is 0.277. The molecule has 2 atom stereocenters. The topological polar surface area (TPSA) is 81.9 Å². The highest BCUT2D eigenvalue weighted by atomic mass is 19.1. The van der Waals surface area contributed by atoms with Crippen LogP contribution in [0.15, 0.2) is 29.3 Å². The van der Waals surface area contributed by atoms with E-state index in [-0.39, 0.29) is 17.6 Å². The van der Waals surface area contributed by atoms with E-state index in [0.29, 0.717) is 25.1 Å². The second-order valence-corrected chi connectivity index (χ2v) is 5.90. The Kier molecular flexibility index (Phi) is 3.53. The maximum Gasteiger partial charge on any atom is 0.267 e. The molecule has 0 aromatic carbocycles. The lowest BCUT2D eigenvalue weighted by atomic mass is 10.1. The molecule has 120 valence electrons. The fraction of sp³-hybridized carbons (Fsp3) is 0.467. The van der Waals surface area contributed by atoms with Crippen molar-refractivity contribution in [3.8, 4) is 0 Å². The lowest BCUT2D eigenvalue weighted by Crippen LogP contribution is -2.37. The minimum atomic E-state index is -0.496. The number of hydrogen-bond acceptors (Lipinski definition) is 6. The van der Waals surface area contributed by atoms with Gasteiger partial charge < -0.3 is 10.1 Å². The minimum Gasteiger partial charge on any atom is -0.377 e. The van der Waals surface area contributed by atoms with Crippen molar-refractivity contribution in [1.29, 1.82) is 0 Å². The predicted octanol–water partition coefficient (Wildman–Crippen LogP) is 1.10. The average Bonchev–Trinajstić information content (AvgIpc) is 3.30. The van der Waals surface area contributed by atoms with Crippen molar-refractivity contribution in [2.24, 2.45) is 0 Å². The van der Waals surface area contributed by atoms with Crippen LogP contribution in [0.1, 0.15) is 30.5 Å². The smallest absolute Gasteiger partial charge is 0.267 e. The second-order valence-electron chi connectivity index (χ2n) is 5.90. The summed E-state index contributed by atoms with van der Waals surface area (Å²) < 4.78 is 19.9. The molecule has 1 N–H and O–H groups in total. The van der Waals surface area contributed by atoms with Crippen molar-refractivity contribution in [3.63, 3.8) is 0 Å². The SMILES string of the molecule is O=c1ccc(C2CC2)nn1C1COCC1Nc1ncc(F)cn1. The summed E-state index contributed by atoms with van der Waals surface area (Å²) in [7, 11) is 0. The number of anilines is 1. The number of ether oxygens (including phenoxy) is 1. The minimum absolute atomic E-state index is 0.156. The fourth-order valence-corrected chi connectivity index (χ4v) is 2.75. The summed E-state index contributed by atoms with van der Waals surface area (Å²) in [4.78, 5) is 20.0. The second kappa shape index (κ2) is 5.69. The van der Waals surface area contributed by atoms with E-state index < -0.39 is 5.82 Å². The first-order valence-electron chi connectivity index (χ1n) is 7.62. The third-order valence-electron chi connectivity index (χ3n) is 4.14. The van der Waals surface area contributed by atoms with Crippen LogP contribution in [0.2, 0.25) is 0 Å². The van der Waals surface area contributed by atoms with Crippen LogP contribution in [-0.4, -0.2) is 39.0 Å². The van der Waals surface area contributed by atoms with Crippen molar-refractivity contribution >= 4 is 5.95 Å². The molecule has 2 fully saturated rings. The molecule has 0 amide bonds. The molecule has 1 saturated carbocycles. The highest BCUT2D eigenvalue weighted by Gasteiger charge is 2.33. The van der Waals surface area contributed by atoms with Gasteiger partial charge in [-0.3, -0.25) is 4.79 Å². The average molecular weight is 317 g/mol. The Bertz CT molecular complexity index is 759. The molecule has 3 heterocycles. The summed E-state index contributed by atoms with van der Waals surface area (Å²) in [6, 6.07) is 2.93. The van der Waals surface area contributed by atoms with Crippen LogP contribution in [0.5, 0.6) is 0 Å². The Morgan fingerprint density at radius 1 is 1.22 bits per heavy atom. The van der Waals surface area contributed by atoms with E-state index in [1.165, 1.54) is 4.68 Å². The largest absolute Gasteiger partial charge is 0.377 e. The highest BCUT2D eigenvalue weighted by Crippen LogP contribution is 2.38. The predicted molar refractivity (Wildman–Crippen MR) is 79.7 cm³/mol. The summed E-state index contributed by atoms with van der Waals surface area (Å²) in [6.07, 6.45) is 4.44. The summed E-state index contributed by atoms with van der Waals surface area (Å²) in [6.45, 7) is 0.799. The van der Waals surface area contributed by atoms with E-state index in [0.717, 1.165) is 30.9 Å². The molecule has 1 saturated heterocycles. The van der Waals surface area contributed by atoms with Gasteiger partial charge in [-0.1, -0.05) is 0 Å². The number of nitrogens with zero attached hydrogens (tertiary/aromatic N) is 4. The van der Waals surface area contributed by atoms with E-state index in [2.05, 4.69) is 20.4 Å². The van der Waals surface area contributed by atoms with Gasteiger partial charge in [0.05, 0.1) is 37.3 Å². The van der Waals surface area contributed by atoms with Crippen molar-refractivity contribution in [1.82, 2.24) is 19.7 Å². The van der Waals surface area contributed by atoms with Crippen LogP contribution in [0.4, 0.5) is 10.3 Å². The Morgan fingerprint density at radius 2 is 2.00 bits per heavy atom. The quantitative estimate of drug-likeness (QED) is 0.909. The highest BCUT2D eigenvalue weighted by molar-refractivity contribution is 5.26. The van der Waals surface area contributed by atoms with Gasteiger partial charge in [0, 0.05) is 12.0 Å². The zero-order valence-corrected chi connectivity index (χ0v) is 12.4. The molecular weight excluding hydrogens is 301 g/mol. The van der Waals surface area contributed by atoms with Gasteiger partial charge in [0.2, 0.25) is 5.95 Å². The van der Waals surface area contributed by atoms with Gasteiger partial charge in [0.25, 0.3) is 5.56 Å². The number of hydrogen-bond donors (Lipinski definition) is 1. The lowest BCUT2D eigenvalue weighted by molar-refractivity contribution is 0.182. The van der Waals surface area contributed by atoms with Gasteiger partial charge in [-0.15, -0.1) is 0 Å². The standard InChI is InChI=1S/C15H16FN5O2/c16-10-5-17-15(18-6-10)19-12-7-23-8-13(12)21-14(22)4-3-11(20-21)9-1-2-9/h3-6,9,12-13H,1-2,7-8H2,(H,17,18,19). The Hall–Kier alpha value is -2.35. The molecule has 7 nitrogen and oxygen atoms in total. The monoisotopic (exact) mass is 317 g/mol. The first-order valence-corrected chi connectivity index (χ1v) is 7.62. The maximum atomic E-state index is 12.9. The first-order chi connectivity index (χ1) is 11.2. The molecule has 1 aliphatic carbocycles. The molecule has 0 radical (unpaired) electrons. The number of aromatic nitrogens is 4. The molecule has 2 aromatic heterocycles. The third-order valence-corrected chi connectivity index (χ3v) is 4.14. The van der Waals surface area contributed by atoms with Gasteiger partial charge >= 0.3 is 0 Å². The first kappa shape index (κ1) is 14.3. The zero-order valence-electron chi connectivity index (χ0n) is 12.4. The number of rotatable bonds is 4. The number of halogens is 1. The summed E-state index contributed by atoms with van der Waals surface area (Å²) in [5, 5.41) is 7.60. The molecule has 1 aliphatic heterocycles. The Morgan fingerprint density at radius 3 is 2.74 bits per heavy atom. The number of nitrogens with one attached hydrogen (secondary N) is 1. The van der Waals surface area contributed by atoms with Gasteiger partial charge in [0.15, 0.2) is 5.82 Å². The van der Waals surface area contributed by atoms with Gasteiger partial charge in [-0.25, -0.2) is 19.0 Å². The Balaban J connectivity index is 1.58. The lowest BCUT2D eigenvalue weighted by Gasteiger charge is -2.20. The van der Waals surface area contributed by atoms with Crippen LogP contribution in [0.3, 0.4) is 0 Å². The molecule has 0 bridgehead atoms. The normalized spacial score (nSPS) is 23.9. The van der Waals surface area contributed by atoms with Crippen molar-refractivity contribution in [2.45, 2.75) is 30.8 Å². The molecule has 2 aliphatic rings. The molecular formula is C15H16FN5O2. The third kappa shape index (κ3) is 2.94. The van der Waals surface area contributed by atoms with Crippen LogP contribution < -0.4 is 10.9 Å². The van der Waals surface area contributed by atoms with Crippen LogP contribution in [0, 0.1) is 5.82 Å². The zero-order chi connectivity index (χ0) is 15.8. The van der Waals surface area contributed by atoms with Gasteiger partial charge in [-0.05, 0) is 18.9 Å². The molecule has 2 unspecified atom stereocenters. The van der Waals surface area contributed by atoms with E-state index in [4.69, 9.17) is 4.74 Å². The molecule has 0 spiro atoms. The van der Waals surface area contributed by atoms with Gasteiger partial charge in [0.1, 0.15) is 6.04 Å². The maximum absolute atomic E-state index is 12.9. The van der Waals surface area contributed by atoms with Crippen LogP contribution in [-0.2, 0) is 4.74 Å². The van der Waals surface area contributed by atoms with Gasteiger partial charge in [-0.2, -0.15) is 5.10 Å². The summed E-state index contributed by atoms with van der Waals surface area (Å²) in [5.41, 5.74) is 0.796. The van der Waals surface area contributed by atoms with Crippen molar-refractivity contribution < 1.29 is 9.13 Å². The Labute approximate surface area is 131 Å². The fourth-order valence-electron chi connectivity index (χ4n) is 2.75. The van der Waals surface area contributed by atoms with E-state index in [1.807, 2.05) is 0 Å². The molecule has 2 aromatic rings. The van der Waals surface area contributed by atoms with Crippen molar-refractivity contribution in [2.75, 3.05) is 18.5 Å². The summed E-state index contributed by atoms with van der Waals surface area (Å²) >= 11 is 0. The van der Waals surface area contributed by atoms with E-state index in [1.54, 1.807) is 12.1 Å². The molecule has 8 heteroatoms. The molecule has 4 rings (SSSR count). The van der Waals surface area contributed by atoms with Crippen molar-refractivity contribution in [3.05, 3.63) is 46.4 Å². The van der Waals surface area contributed by atoms with E-state index in [9.17, 15) is 9.18 Å².